The summed E-state index contributed by atoms with van der Waals surface area (Å²) in [6.07, 6.45) is 0. The van der Waals surface area contributed by atoms with Gasteiger partial charge in [-0.15, -0.1) is 12.4 Å². The van der Waals surface area contributed by atoms with Crippen molar-refractivity contribution in [2.24, 2.45) is 5.92 Å². The molecule has 1 saturated heterocycles. The average molecular weight is 324 g/mol. The van der Waals surface area contributed by atoms with Crippen LogP contribution in [0.1, 0.15) is 0 Å². The first kappa shape index (κ1) is 17.3. The number of nitrogens with one attached hydrogen (secondary N) is 3. The van der Waals surface area contributed by atoms with Crippen LogP contribution in [0.3, 0.4) is 0 Å². The highest BCUT2D eigenvalue weighted by Gasteiger charge is 2.25. The molecule has 1 heterocycles. The Morgan fingerprint density at radius 1 is 1.19 bits per heavy atom. The first-order valence-electron chi connectivity index (χ1n) is 5.91. The summed E-state index contributed by atoms with van der Waals surface area (Å²) in [5, 5.41) is 7.33. The molecule has 1 aromatic rings. The molecule has 0 bridgehead atoms. The average Bonchev–Trinajstić information content (AvgIpc) is 2.35. The summed E-state index contributed by atoms with van der Waals surface area (Å²) >= 11 is 0. The van der Waals surface area contributed by atoms with Crippen molar-refractivity contribution in [2.75, 3.05) is 25.0 Å². The number of hydrogen-bond donors (Lipinski definition) is 3. The first-order chi connectivity index (χ1) is 9.49. The summed E-state index contributed by atoms with van der Waals surface area (Å²) in [5.41, 5.74) is -0.478. The third-order valence-corrected chi connectivity index (χ3v) is 2.88. The molecule has 2 rings (SSSR count). The van der Waals surface area contributed by atoms with E-state index in [4.69, 9.17) is 0 Å². The molecule has 116 valence electrons. The zero-order valence-corrected chi connectivity index (χ0v) is 11.5. The lowest BCUT2D eigenvalue weighted by molar-refractivity contribution is -0.128. The minimum absolute atomic E-state index is 0. The SMILES string of the molecule is Cl.O=C(CNC(=O)C1CNC1)Nc1ccc(F)c(F)c1F. The standard InChI is InChI=1S/C12H12F3N3O2.ClH/c13-7-1-2-8(11(15)10(7)14)18-9(19)5-17-12(20)6-3-16-4-6;/h1-2,6,16H,3-5H2,(H,17,20)(H,18,19);1H. The van der Waals surface area contributed by atoms with Crippen LogP contribution in [-0.4, -0.2) is 31.4 Å². The second-order valence-electron chi connectivity index (χ2n) is 4.34. The van der Waals surface area contributed by atoms with Gasteiger partial charge in [0, 0.05) is 13.1 Å². The van der Waals surface area contributed by atoms with Gasteiger partial charge in [-0.1, -0.05) is 0 Å². The zero-order chi connectivity index (χ0) is 14.7. The Bertz CT molecular complexity index is 553. The normalized spacial score (nSPS) is 13.9. The fraction of sp³-hybridized carbons (Fsp3) is 0.333. The number of benzene rings is 1. The Hall–Kier alpha value is -1.80. The monoisotopic (exact) mass is 323 g/mol. The molecule has 3 N–H and O–H groups in total. The maximum atomic E-state index is 13.3. The van der Waals surface area contributed by atoms with Gasteiger partial charge in [-0.2, -0.15) is 0 Å². The molecule has 1 aromatic carbocycles. The van der Waals surface area contributed by atoms with Crippen LogP contribution < -0.4 is 16.0 Å². The fourth-order valence-electron chi connectivity index (χ4n) is 1.60. The summed E-state index contributed by atoms with van der Waals surface area (Å²) in [4.78, 5) is 22.9. The predicted octanol–water partition coefficient (Wildman–Crippen LogP) is 0.800. The Morgan fingerprint density at radius 3 is 2.43 bits per heavy atom. The van der Waals surface area contributed by atoms with Crippen molar-refractivity contribution in [2.45, 2.75) is 0 Å². The molecule has 0 radical (unpaired) electrons. The van der Waals surface area contributed by atoms with Crippen LogP contribution >= 0.6 is 12.4 Å². The molecule has 2 amide bonds. The second-order valence-corrected chi connectivity index (χ2v) is 4.34. The zero-order valence-electron chi connectivity index (χ0n) is 10.7. The largest absolute Gasteiger partial charge is 0.347 e. The summed E-state index contributed by atoms with van der Waals surface area (Å²) < 4.78 is 38.9. The van der Waals surface area contributed by atoms with E-state index in [1.165, 1.54) is 0 Å². The van der Waals surface area contributed by atoms with E-state index in [0.29, 0.717) is 19.2 Å². The number of hydrogen-bond acceptors (Lipinski definition) is 3. The summed E-state index contributed by atoms with van der Waals surface area (Å²) in [6.45, 7) is 0.726. The number of rotatable bonds is 4. The van der Waals surface area contributed by atoms with Crippen molar-refractivity contribution in [3.05, 3.63) is 29.6 Å². The molecular formula is C12H13ClF3N3O2. The molecule has 1 fully saturated rings. The van der Waals surface area contributed by atoms with Crippen molar-refractivity contribution in [3.8, 4) is 0 Å². The highest BCUT2D eigenvalue weighted by Crippen LogP contribution is 2.19. The van der Waals surface area contributed by atoms with E-state index in [9.17, 15) is 22.8 Å². The van der Waals surface area contributed by atoms with Crippen LogP contribution in [0.2, 0.25) is 0 Å². The lowest BCUT2D eigenvalue weighted by atomic mass is 10.0. The molecule has 21 heavy (non-hydrogen) atoms. The van der Waals surface area contributed by atoms with Gasteiger partial charge in [0.2, 0.25) is 11.8 Å². The maximum Gasteiger partial charge on any atom is 0.243 e. The molecule has 0 atom stereocenters. The van der Waals surface area contributed by atoms with Gasteiger partial charge in [0.1, 0.15) is 0 Å². The molecule has 0 aliphatic carbocycles. The third kappa shape index (κ3) is 4.08. The van der Waals surface area contributed by atoms with Gasteiger partial charge >= 0.3 is 0 Å². The Balaban J connectivity index is 0.00000220. The van der Waals surface area contributed by atoms with Gasteiger partial charge in [0.05, 0.1) is 18.2 Å². The van der Waals surface area contributed by atoms with E-state index in [-0.39, 0.29) is 30.8 Å². The third-order valence-electron chi connectivity index (χ3n) is 2.88. The minimum atomic E-state index is -1.66. The lowest BCUT2D eigenvalue weighted by Crippen LogP contribution is -2.51. The van der Waals surface area contributed by atoms with Crippen molar-refractivity contribution in [3.63, 3.8) is 0 Å². The summed E-state index contributed by atoms with van der Waals surface area (Å²) in [6, 6.07) is 1.61. The van der Waals surface area contributed by atoms with Crippen molar-refractivity contribution in [1.29, 1.82) is 0 Å². The van der Waals surface area contributed by atoms with Crippen molar-refractivity contribution >= 4 is 29.9 Å². The van der Waals surface area contributed by atoms with Crippen LogP contribution in [-0.2, 0) is 9.59 Å². The van der Waals surface area contributed by atoms with Crippen LogP contribution in [0.15, 0.2) is 12.1 Å². The number of amides is 2. The summed E-state index contributed by atoms with van der Waals surface area (Å²) in [5.74, 6) is -5.67. The lowest BCUT2D eigenvalue weighted by Gasteiger charge is -2.25. The van der Waals surface area contributed by atoms with E-state index in [2.05, 4.69) is 16.0 Å². The minimum Gasteiger partial charge on any atom is -0.347 e. The molecule has 0 spiro atoms. The van der Waals surface area contributed by atoms with E-state index in [1.54, 1.807) is 0 Å². The van der Waals surface area contributed by atoms with Crippen molar-refractivity contribution < 1.29 is 22.8 Å². The topological polar surface area (TPSA) is 70.2 Å². The maximum absolute atomic E-state index is 13.3. The Kier molecular flexibility index (Phi) is 5.98. The van der Waals surface area contributed by atoms with Crippen molar-refractivity contribution in [1.82, 2.24) is 10.6 Å². The van der Waals surface area contributed by atoms with E-state index in [1.807, 2.05) is 0 Å². The van der Waals surface area contributed by atoms with Gasteiger partial charge in [0.25, 0.3) is 0 Å². The highest BCUT2D eigenvalue weighted by molar-refractivity contribution is 5.95. The number of carbonyl (C=O) groups is 2. The Morgan fingerprint density at radius 2 is 1.86 bits per heavy atom. The number of carbonyl (C=O) groups excluding carboxylic acids is 2. The van der Waals surface area contributed by atoms with E-state index in [0.717, 1.165) is 6.07 Å². The smallest absolute Gasteiger partial charge is 0.243 e. The molecule has 5 nitrogen and oxygen atoms in total. The number of anilines is 1. The number of halogens is 4. The first-order valence-corrected chi connectivity index (χ1v) is 5.91. The molecular weight excluding hydrogens is 311 g/mol. The van der Waals surface area contributed by atoms with Crippen LogP contribution in [0.25, 0.3) is 0 Å². The molecule has 0 aromatic heterocycles. The van der Waals surface area contributed by atoms with Crippen LogP contribution in [0, 0.1) is 23.4 Å². The Labute approximate surface area is 124 Å². The quantitative estimate of drug-likeness (QED) is 0.718. The van der Waals surface area contributed by atoms with Gasteiger partial charge in [-0.05, 0) is 12.1 Å². The fourth-order valence-corrected chi connectivity index (χ4v) is 1.60. The second kappa shape index (κ2) is 7.28. The summed E-state index contributed by atoms with van der Waals surface area (Å²) in [7, 11) is 0. The predicted molar refractivity (Wildman–Crippen MR) is 71.6 cm³/mol. The molecule has 9 heteroatoms. The van der Waals surface area contributed by atoms with Crippen LogP contribution in [0.5, 0.6) is 0 Å². The molecule has 0 saturated carbocycles. The van der Waals surface area contributed by atoms with Gasteiger partial charge < -0.3 is 16.0 Å². The van der Waals surface area contributed by atoms with Crippen LogP contribution in [0.4, 0.5) is 18.9 Å². The molecule has 0 unspecified atom stereocenters. The van der Waals surface area contributed by atoms with Gasteiger partial charge in [-0.25, -0.2) is 13.2 Å². The van der Waals surface area contributed by atoms with Gasteiger partial charge in [0.15, 0.2) is 17.5 Å². The highest BCUT2D eigenvalue weighted by atomic mass is 35.5. The van der Waals surface area contributed by atoms with E-state index < -0.39 is 29.0 Å². The molecule has 1 aliphatic rings. The molecule has 1 aliphatic heterocycles. The van der Waals surface area contributed by atoms with Gasteiger partial charge in [-0.3, -0.25) is 9.59 Å². The van der Waals surface area contributed by atoms with E-state index >= 15 is 0 Å².